The van der Waals surface area contributed by atoms with Crippen LogP contribution in [0.4, 0.5) is 10.1 Å². The van der Waals surface area contributed by atoms with Crippen LogP contribution in [0.1, 0.15) is 37.5 Å². The number of aromatic nitrogens is 2. The minimum Gasteiger partial charge on any atom is -0.424 e. The summed E-state index contributed by atoms with van der Waals surface area (Å²) in [6.07, 6.45) is 4.70. The van der Waals surface area contributed by atoms with Gasteiger partial charge in [0.15, 0.2) is 0 Å². The molecular formula is C15H18FN3O. The number of aryl methyl sites for hydroxylation is 1. The predicted molar refractivity (Wildman–Crippen MR) is 73.9 cm³/mol. The minimum absolute atomic E-state index is 0.216. The van der Waals surface area contributed by atoms with E-state index < -0.39 is 0 Å². The van der Waals surface area contributed by atoms with Crippen LogP contribution in [0.15, 0.2) is 28.7 Å². The van der Waals surface area contributed by atoms with Gasteiger partial charge < -0.3 is 9.32 Å². The summed E-state index contributed by atoms with van der Waals surface area (Å²) in [5.74, 6) is 0.927. The molecule has 0 amide bonds. The number of halogens is 1. The van der Waals surface area contributed by atoms with Gasteiger partial charge in [0.1, 0.15) is 5.82 Å². The lowest BCUT2D eigenvalue weighted by molar-refractivity contribution is 0.449. The maximum absolute atomic E-state index is 13.5. The lowest BCUT2D eigenvalue weighted by Gasteiger charge is -2.29. The predicted octanol–water partition coefficient (Wildman–Crippen LogP) is 3.47. The third-order valence-corrected chi connectivity index (χ3v) is 3.78. The molecule has 0 bridgehead atoms. The summed E-state index contributed by atoms with van der Waals surface area (Å²) in [7, 11) is 0. The van der Waals surface area contributed by atoms with Crippen LogP contribution in [0.2, 0.25) is 0 Å². The van der Waals surface area contributed by atoms with Crippen molar-refractivity contribution in [3.8, 4) is 0 Å². The first kappa shape index (κ1) is 13.1. The second kappa shape index (κ2) is 5.61. The van der Waals surface area contributed by atoms with Crippen LogP contribution in [0.5, 0.6) is 0 Å². The van der Waals surface area contributed by atoms with Crippen molar-refractivity contribution in [3.63, 3.8) is 0 Å². The van der Waals surface area contributed by atoms with Gasteiger partial charge in [-0.15, -0.1) is 10.2 Å². The summed E-state index contributed by atoms with van der Waals surface area (Å²) in [5.41, 5.74) is 0.882. The summed E-state index contributed by atoms with van der Waals surface area (Å²) in [6.45, 7) is 2.31. The summed E-state index contributed by atoms with van der Waals surface area (Å²) in [4.78, 5) is 2.18. The Kier molecular flexibility index (Phi) is 3.67. The van der Waals surface area contributed by atoms with Gasteiger partial charge in [-0.25, -0.2) is 4.39 Å². The Hall–Kier alpha value is -1.91. The first-order valence-corrected chi connectivity index (χ1v) is 7.03. The minimum atomic E-state index is -0.216. The molecule has 1 heterocycles. The van der Waals surface area contributed by atoms with Crippen molar-refractivity contribution in [1.82, 2.24) is 10.2 Å². The number of benzene rings is 1. The molecule has 0 atom stereocenters. The van der Waals surface area contributed by atoms with Crippen LogP contribution in [0, 0.1) is 12.7 Å². The molecule has 3 rings (SSSR count). The SMILES string of the molecule is Cc1nnc(CN(c2cccc(F)c2)C2CCCC2)o1. The Bertz CT molecular complexity index is 578. The normalized spacial score (nSPS) is 15.7. The molecular weight excluding hydrogens is 257 g/mol. The maximum Gasteiger partial charge on any atom is 0.235 e. The van der Waals surface area contributed by atoms with E-state index in [1.807, 2.05) is 6.07 Å². The van der Waals surface area contributed by atoms with E-state index in [2.05, 4.69) is 15.1 Å². The number of nitrogens with zero attached hydrogens (tertiary/aromatic N) is 3. The van der Waals surface area contributed by atoms with Gasteiger partial charge in [-0.2, -0.15) is 0 Å². The third-order valence-electron chi connectivity index (χ3n) is 3.78. The van der Waals surface area contributed by atoms with E-state index in [4.69, 9.17) is 4.42 Å². The van der Waals surface area contributed by atoms with Gasteiger partial charge >= 0.3 is 0 Å². The number of anilines is 1. The molecule has 0 N–H and O–H groups in total. The maximum atomic E-state index is 13.5. The fraction of sp³-hybridized carbons (Fsp3) is 0.467. The summed E-state index contributed by atoms with van der Waals surface area (Å²) in [5, 5.41) is 7.91. The highest BCUT2D eigenvalue weighted by atomic mass is 19.1. The van der Waals surface area contributed by atoms with Crippen LogP contribution in [-0.2, 0) is 6.54 Å². The number of rotatable bonds is 4. The molecule has 1 saturated carbocycles. The lowest BCUT2D eigenvalue weighted by Crippen LogP contribution is -2.32. The smallest absolute Gasteiger partial charge is 0.235 e. The second-order valence-corrected chi connectivity index (χ2v) is 5.26. The monoisotopic (exact) mass is 275 g/mol. The van der Waals surface area contributed by atoms with Crippen LogP contribution < -0.4 is 4.90 Å². The summed E-state index contributed by atoms with van der Waals surface area (Å²) in [6, 6.07) is 7.13. The van der Waals surface area contributed by atoms with Crippen molar-refractivity contribution < 1.29 is 8.81 Å². The first-order chi connectivity index (χ1) is 9.72. The van der Waals surface area contributed by atoms with E-state index in [0.717, 1.165) is 18.5 Å². The fourth-order valence-electron chi connectivity index (χ4n) is 2.85. The fourth-order valence-corrected chi connectivity index (χ4v) is 2.85. The Labute approximate surface area is 117 Å². The molecule has 2 aromatic rings. The molecule has 106 valence electrons. The van der Waals surface area contributed by atoms with Crippen molar-refractivity contribution >= 4 is 5.69 Å². The Morgan fingerprint density at radius 2 is 2.10 bits per heavy atom. The van der Waals surface area contributed by atoms with E-state index in [9.17, 15) is 4.39 Å². The van der Waals surface area contributed by atoms with Gasteiger partial charge in [0.2, 0.25) is 11.8 Å². The molecule has 1 aliphatic rings. The van der Waals surface area contributed by atoms with Gasteiger partial charge in [-0.1, -0.05) is 18.9 Å². The summed E-state index contributed by atoms with van der Waals surface area (Å²) < 4.78 is 18.9. The largest absolute Gasteiger partial charge is 0.424 e. The molecule has 0 unspecified atom stereocenters. The molecule has 1 aromatic heterocycles. The number of hydrogen-bond donors (Lipinski definition) is 0. The third kappa shape index (κ3) is 2.81. The van der Waals surface area contributed by atoms with Crippen LogP contribution in [-0.4, -0.2) is 16.2 Å². The van der Waals surface area contributed by atoms with Gasteiger partial charge in [-0.05, 0) is 31.0 Å². The highest BCUT2D eigenvalue weighted by Gasteiger charge is 2.24. The average molecular weight is 275 g/mol. The van der Waals surface area contributed by atoms with Crippen LogP contribution in [0.3, 0.4) is 0 Å². The molecule has 1 aromatic carbocycles. The zero-order valence-electron chi connectivity index (χ0n) is 11.6. The molecule has 0 saturated heterocycles. The van der Waals surface area contributed by atoms with Gasteiger partial charge in [0, 0.05) is 18.7 Å². The van der Waals surface area contributed by atoms with Gasteiger partial charge in [0.25, 0.3) is 0 Å². The molecule has 1 aliphatic carbocycles. The Morgan fingerprint density at radius 1 is 1.30 bits per heavy atom. The van der Waals surface area contributed by atoms with E-state index in [1.54, 1.807) is 19.1 Å². The lowest BCUT2D eigenvalue weighted by atomic mass is 10.1. The van der Waals surface area contributed by atoms with Crippen molar-refractivity contribution in [2.45, 2.75) is 45.2 Å². The van der Waals surface area contributed by atoms with Crippen molar-refractivity contribution in [2.24, 2.45) is 0 Å². The first-order valence-electron chi connectivity index (χ1n) is 7.03. The zero-order valence-corrected chi connectivity index (χ0v) is 11.6. The van der Waals surface area contributed by atoms with Crippen LogP contribution >= 0.6 is 0 Å². The van der Waals surface area contributed by atoms with E-state index in [0.29, 0.717) is 24.4 Å². The number of hydrogen-bond acceptors (Lipinski definition) is 4. The van der Waals surface area contributed by atoms with Crippen molar-refractivity contribution in [1.29, 1.82) is 0 Å². The average Bonchev–Trinajstić information content (AvgIpc) is 3.07. The second-order valence-electron chi connectivity index (χ2n) is 5.26. The van der Waals surface area contributed by atoms with Gasteiger partial charge in [0.05, 0.1) is 6.54 Å². The zero-order chi connectivity index (χ0) is 13.9. The molecule has 0 radical (unpaired) electrons. The molecule has 0 spiro atoms. The van der Waals surface area contributed by atoms with Crippen LogP contribution in [0.25, 0.3) is 0 Å². The molecule has 5 heteroatoms. The molecule has 0 aliphatic heterocycles. The topological polar surface area (TPSA) is 42.2 Å². The van der Waals surface area contributed by atoms with Gasteiger partial charge in [-0.3, -0.25) is 0 Å². The molecule has 1 fully saturated rings. The molecule has 4 nitrogen and oxygen atoms in total. The Morgan fingerprint density at radius 3 is 2.75 bits per heavy atom. The molecule has 20 heavy (non-hydrogen) atoms. The quantitative estimate of drug-likeness (QED) is 0.857. The highest BCUT2D eigenvalue weighted by Crippen LogP contribution is 2.29. The van der Waals surface area contributed by atoms with E-state index >= 15 is 0 Å². The summed E-state index contributed by atoms with van der Waals surface area (Å²) >= 11 is 0. The Balaban J connectivity index is 1.87. The highest BCUT2D eigenvalue weighted by molar-refractivity contribution is 5.47. The van der Waals surface area contributed by atoms with Crippen molar-refractivity contribution in [3.05, 3.63) is 41.9 Å². The standard InChI is InChI=1S/C15H18FN3O/c1-11-17-18-15(20-11)10-19(13-6-2-3-7-13)14-8-4-5-12(16)9-14/h4-5,8-9,13H,2-3,6-7,10H2,1H3. The van der Waals surface area contributed by atoms with Crippen molar-refractivity contribution in [2.75, 3.05) is 4.90 Å². The van der Waals surface area contributed by atoms with E-state index in [-0.39, 0.29) is 5.82 Å². The van der Waals surface area contributed by atoms with E-state index in [1.165, 1.54) is 18.9 Å².